The fraction of sp³-hybridized carbons (Fsp3) is 0.111. The molecule has 4 aromatic rings. The van der Waals surface area contributed by atoms with E-state index in [4.69, 9.17) is 0 Å². The Kier molecular flexibility index (Phi) is 3.65. The van der Waals surface area contributed by atoms with Gasteiger partial charge in [-0.2, -0.15) is 0 Å². The second-order valence-electron chi connectivity index (χ2n) is 6.01. The van der Waals surface area contributed by atoms with E-state index in [0.717, 1.165) is 22.3 Å². The number of carboxylic acid groups (broad SMARTS) is 1. The van der Waals surface area contributed by atoms with Gasteiger partial charge in [-0.05, 0) is 24.3 Å². The van der Waals surface area contributed by atoms with Crippen molar-refractivity contribution in [2.75, 3.05) is 24.3 Å². The van der Waals surface area contributed by atoms with E-state index < -0.39 is 5.97 Å². The first-order valence-electron chi connectivity index (χ1n) is 7.93. The van der Waals surface area contributed by atoms with Crippen LogP contribution in [0.4, 0.5) is 17.2 Å². The molecule has 0 atom stereocenters. The highest BCUT2D eigenvalue weighted by Crippen LogP contribution is 2.27. The van der Waals surface area contributed by atoms with Crippen LogP contribution in [0.1, 0.15) is 10.5 Å². The van der Waals surface area contributed by atoms with E-state index in [2.05, 4.69) is 20.3 Å². The van der Waals surface area contributed by atoms with Gasteiger partial charge in [0.25, 0.3) is 0 Å². The van der Waals surface area contributed by atoms with Crippen LogP contribution in [-0.4, -0.2) is 44.5 Å². The zero-order valence-corrected chi connectivity index (χ0v) is 14.2. The quantitative estimate of drug-likeness (QED) is 0.585. The Balaban J connectivity index is 1.91. The zero-order valence-electron chi connectivity index (χ0n) is 14.2. The Bertz CT molecular complexity index is 1140. The van der Waals surface area contributed by atoms with Crippen molar-refractivity contribution >= 4 is 39.7 Å². The van der Waals surface area contributed by atoms with Crippen LogP contribution in [-0.2, 0) is 0 Å². The van der Waals surface area contributed by atoms with Crippen molar-refractivity contribution in [3.63, 3.8) is 0 Å². The minimum atomic E-state index is -1.12. The van der Waals surface area contributed by atoms with Gasteiger partial charge in [-0.15, -0.1) is 0 Å². The number of pyridine rings is 1. The number of benzene rings is 1. The molecule has 0 amide bonds. The lowest BCUT2D eigenvalue weighted by Gasteiger charge is -2.15. The van der Waals surface area contributed by atoms with Crippen molar-refractivity contribution < 1.29 is 9.90 Å². The zero-order chi connectivity index (χ0) is 18.3. The summed E-state index contributed by atoms with van der Waals surface area (Å²) in [5, 5.41) is 13.5. The fourth-order valence-corrected chi connectivity index (χ4v) is 2.81. The molecule has 0 aliphatic heterocycles. The maximum Gasteiger partial charge on any atom is 0.358 e. The largest absolute Gasteiger partial charge is 0.476 e. The summed E-state index contributed by atoms with van der Waals surface area (Å²) < 4.78 is 1.63. The molecule has 0 spiro atoms. The van der Waals surface area contributed by atoms with Gasteiger partial charge in [-0.1, -0.05) is 6.07 Å². The average Bonchev–Trinajstić information content (AvgIpc) is 3.06. The van der Waals surface area contributed by atoms with Crippen molar-refractivity contribution in [2.24, 2.45) is 0 Å². The van der Waals surface area contributed by atoms with Crippen LogP contribution in [0.25, 0.3) is 16.6 Å². The van der Waals surface area contributed by atoms with Crippen molar-refractivity contribution in [3.05, 3.63) is 54.7 Å². The Morgan fingerprint density at radius 3 is 2.88 bits per heavy atom. The van der Waals surface area contributed by atoms with E-state index in [0.29, 0.717) is 5.82 Å². The van der Waals surface area contributed by atoms with Gasteiger partial charge >= 0.3 is 5.97 Å². The van der Waals surface area contributed by atoms with Crippen LogP contribution < -0.4 is 10.2 Å². The van der Waals surface area contributed by atoms with Crippen LogP contribution >= 0.6 is 0 Å². The molecule has 0 fully saturated rings. The molecule has 130 valence electrons. The molecular weight excluding hydrogens is 332 g/mol. The predicted molar refractivity (Wildman–Crippen MR) is 99.3 cm³/mol. The van der Waals surface area contributed by atoms with Crippen LogP contribution in [0.2, 0.25) is 0 Å². The number of carboxylic acids is 1. The smallest absolute Gasteiger partial charge is 0.358 e. The number of hydrogen-bond acceptors (Lipinski definition) is 6. The number of aromatic carboxylic acids is 1. The molecule has 3 heterocycles. The molecule has 0 aliphatic carbocycles. The van der Waals surface area contributed by atoms with Crippen molar-refractivity contribution in [1.82, 2.24) is 19.4 Å². The molecule has 26 heavy (non-hydrogen) atoms. The van der Waals surface area contributed by atoms with E-state index in [-0.39, 0.29) is 11.3 Å². The topological polar surface area (TPSA) is 95.7 Å². The number of fused-ring (bicyclic) bond motifs is 3. The SMILES string of the molecule is CN(C)c1cccc(Nc2nc3c(C(=O)O)ncn3c3cnccc23)c1. The van der Waals surface area contributed by atoms with E-state index in [1.54, 1.807) is 16.8 Å². The highest BCUT2D eigenvalue weighted by molar-refractivity contribution is 5.98. The molecule has 0 bridgehead atoms. The maximum atomic E-state index is 11.4. The lowest BCUT2D eigenvalue weighted by Crippen LogP contribution is -2.08. The lowest BCUT2D eigenvalue weighted by atomic mass is 10.2. The summed E-state index contributed by atoms with van der Waals surface area (Å²) in [5.41, 5.74) is 2.79. The van der Waals surface area contributed by atoms with E-state index in [9.17, 15) is 9.90 Å². The van der Waals surface area contributed by atoms with Gasteiger partial charge in [-0.25, -0.2) is 14.8 Å². The van der Waals surface area contributed by atoms with Gasteiger partial charge in [0.2, 0.25) is 0 Å². The highest BCUT2D eigenvalue weighted by Gasteiger charge is 2.17. The van der Waals surface area contributed by atoms with Gasteiger partial charge < -0.3 is 15.3 Å². The molecule has 0 unspecified atom stereocenters. The number of nitrogens with zero attached hydrogens (tertiary/aromatic N) is 5. The third kappa shape index (κ3) is 2.57. The van der Waals surface area contributed by atoms with Crippen molar-refractivity contribution in [3.8, 4) is 0 Å². The Morgan fingerprint density at radius 2 is 2.12 bits per heavy atom. The van der Waals surface area contributed by atoms with E-state index in [1.807, 2.05) is 49.3 Å². The molecule has 3 aromatic heterocycles. The number of aromatic nitrogens is 4. The summed E-state index contributed by atoms with van der Waals surface area (Å²) >= 11 is 0. The summed E-state index contributed by atoms with van der Waals surface area (Å²) in [6, 6.07) is 9.71. The van der Waals surface area contributed by atoms with Gasteiger partial charge in [0, 0.05) is 37.1 Å². The summed E-state index contributed by atoms with van der Waals surface area (Å²) in [4.78, 5) is 26.1. The minimum absolute atomic E-state index is 0.0964. The molecule has 8 heteroatoms. The molecule has 0 aliphatic rings. The van der Waals surface area contributed by atoms with Crippen molar-refractivity contribution in [1.29, 1.82) is 0 Å². The van der Waals surface area contributed by atoms with Crippen molar-refractivity contribution in [2.45, 2.75) is 0 Å². The van der Waals surface area contributed by atoms with Gasteiger partial charge in [0.05, 0.1) is 11.7 Å². The average molecular weight is 348 g/mol. The number of hydrogen-bond donors (Lipinski definition) is 2. The molecule has 4 rings (SSSR count). The van der Waals surface area contributed by atoms with Gasteiger partial charge in [0.1, 0.15) is 12.1 Å². The minimum Gasteiger partial charge on any atom is -0.476 e. The van der Waals surface area contributed by atoms with Crippen LogP contribution in [0.3, 0.4) is 0 Å². The summed E-state index contributed by atoms with van der Waals surface area (Å²) in [6.07, 6.45) is 4.79. The number of imidazole rings is 1. The number of nitrogens with one attached hydrogen (secondary N) is 1. The Hall–Kier alpha value is -3.68. The molecular formula is C18H16N6O2. The summed E-state index contributed by atoms with van der Waals surface area (Å²) in [6.45, 7) is 0. The van der Waals surface area contributed by atoms with Gasteiger partial charge in [-0.3, -0.25) is 9.38 Å². The first-order chi connectivity index (χ1) is 12.5. The summed E-state index contributed by atoms with van der Waals surface area (Å²) in [7, 11) is 3.94. The second-order valence-corrected chi connectivity index (χ2v) is 6.01. The monoisotopic (exact) mass is 348 g/mol. The normalized spacial score (nSPS) is 11.0. The van der Waals surface area contributed by atoms with Crippen LogP contribution in [0.15, 0.2) is 49.1 Å². The maximum absolute atomic E-state index is 11.4. The Morgan fingerprint density at radius 1 is 1.27 bits per heavy atom. The highest BCUT2D eigenvalue weighted by atomic mass is 16.4. The number of carbonyl (C=O) groups is 1. The lowest BCUT2D eigenvalue weighted by molar-refractivity contribution is 0.0693. The second kappa shape index (κ2) is 5.99. The van der Waals surface area contributed by atoms with E-state index in [1.165, 1.54) is 6.33 Å². The molecule has 2 N–H and O–H groups in total. The van der Waals surface area contributed by atoms with Crippen LogP contribution in [0, 0.1) is 0 Å². The number of rotatable bonds is 4. The van der Waals surface area contributed by atoms with E-state index >= 15 is 0 Å². The first-order valence-corrected chi connectivity index (χ1v) is 7.93. The molecule has 0 saturated heterocycles. The molecule has 0 saturated carbocycles. The first kappa shape index (κ1) is 15.8. The molecule has 8 nitrogen and oxygen atoms in total. The third-order valence-corrected chi connectivity index (χ3v) is 4.10. The standard InChI is InChI=1S/C18H16N6O2/c1-23(2)12-5-3-4-11(8-12)21-16-13-6-7-19-9-14(13)24-10-20-15(18(25)26)17(24)22-16/h3-10H,1-2H3,(H,21,22)(H,25,26). The predicted octanol–water partition coefficient (Wildman–Crippen LogP) is 2.79. The fourth-order valence-electron chi connectivity index (χ4n) is 2.81. The molecule has 1 aromatic carbocycles. The van der Waals surface area contributed by atoms with Crippen LogP contribution in [0.5, 0.6) is 0 Å². The third-order valence-electron chi connectivity index (χ3n) is 4.10. The van der Waals surface area contributed by atoms with Gasteiger partial charge in [0.15, 0.2) is 11.3 Å². The number of anilines is 3. The Labute approximate surface area is 148 Å². The molecule has 0 radical (unpaired) electrons. The summed E-state index contributed by atoms with van der Waals surface area (Å²) in [5.74, 6) is -0.572.